The van der Waals surface area contributed by atoms with Gasteiger partial charge in [-0.1, -0.05) is 19.9 Å². The van der Waals surface area contributed by atoms with Gasteiger partial charge in [-0.15, -0.1) is 0 Å². The molecular weight excluding hydrogens is 236 g/mol. The lowest BCUT2D eigenvalue weighted by atomic mass is 10.00. The van der Waals surface area contributed by atoms with Gasteiger partial charge in [-0.05, 0) is 49.4 Å². The zero-order chi connectivity index (χ0) is 13.2. The maximum Gasteiger partial charge on any atom is 0.199 e. The van der Waals surface area contributed by atoms with Crippen molar-refractivity contribution in [3.05, 3.63) is 29.7 Å². The van der Waals surface area contributed by atoms with Crippen LogP contribution >= 0.6 is 0 Å². The summed E-state index contributed by atoms with van der Waals surface area (Å²) in [5, 5.41) is 3.42. The largest absolute Gasteiger partial charge is 0.440 e. The summed E-state index contributed by atoms with van der Waals surface area (Å²) in [5.41, 5.74) is 3.29. The fourth-order valence-electron chi connectivity index (χ4n) is 2.83. The first kappa shape index (κ1) is 12.7. The third-order valence-electron chi connectivity index (χ3n) is 3.76. The van der Waals surface area contributed by atoms with Crippen molar-refractivity contribution in [2.75, 3.05) is 13.1 Å². The van der Waals surface area contributed by atoms with Crippen molar-refractivity contribution in [2.24, 2.45) is 5.92 Å². The van der Waals surface area contributed by atoms with E-state index in [1.165, 1.54) is 18.4 Å². The summed E-state index contributed by atoms with van der Waals surface area (Å²) in [4.78, 5) is 4.70. The lowest BCUT2D eigenvalue weighted by molar-refractivity contribution is 0.387. The van der Waals surface area contributed by atoms with Crippen LogP contribution in [0.2, 0.25) is 0 Å². The van der Waals surface area contributed by atoms with Gasteiger partial charge in [0.25, 0.3) is 0 Å². The van der Waals surface area contributed by atoms with E-state index in [0.717, 1.165) is 36.5 Å². The van der Waals surface area contributed by atoms with Crippen LogP contribution in [-0.2, 0) is 6.42 Å². The van der Waals surface area contributed by atoms with Crippen LogP contribution in [0.1, 0.15) is 44.1 Å². The molecule has 1 aromatic heterocycles. The average molecular weight is 258 g/mol. The summed E-state index contributed by atoms with van der Waals surface area (Å²) in [7, 11) is 0. The van der Waals surface area contributed by atoms with E-state index in [4.69, 9.17) is 9.40 Å². The molecule has 0 radical (unpaired) electrons. The molecule has 2 aromatic rings. The number of fused-ring (bicyclic) bond motifs is 1. The Labute approximate surface area is 114 Å². The van der Waals surface area contributed by atoms with Crippen LogP contribution in [0.4, 0.5) is 0 Å². The number of piperidine rings is 1. The lowest BCUT2D eigenvalue weighted by Gasteiger charge is -2.19. The van der Waals surface area contributed by atoms with E-state index < -0.39 is 0 Å². The molecule has 1 aliphatic heterocycles. The molecule has 102 valence electrons. The maximum atomic E-state index is 5.92. The Hall–Kier alpha value is -1.35. The van der Waals surface area contributed by atoms with Crippen LogP contribution in [0.5, 0.6) is 0 Å². The number of oxazole rings is 1. The van der Waals surface area contributed by atoms with E-state index in [9.17, 15) is 0 Å². The van der Waals surface area contributed by atoms with Gasteiger partial charge in [-0.3, -0.25) is 0 Å². The minimum absolute atomic E-state index is 0.440. The summed E-state index contributed by atoms with van der Waals surface area (Å²) in [5.74, 6) is 2.02. The molecule has 0 amide bonds. The topological polar surface area (TPSA) is 38.1 Å². The second kappa shape index (κ2) is 5.33. The van der Waals surface area contributed by atoms with Crippen molar-refractivity contribution in [3.8, 4) is 0 Å². The summed E-state index contributed by atoms with van der Waals surface area (Å²) < 4.78 is 5.92. The van der Waals surface area contributed by atoms with Gasteiger partial charge in [0.05, 0.1) is 0 Å². The Morgan fingerprint density at radius 2 is 2.32 bits per heavy atom. The Morgan fingerprint density at radius 1 is 1.42 bits per heavy atom. The van der Waals surface area contributed by atoms with Crippen molar-refractivity contribution in [1.29, 1.82) is 0 Å². The van der Waals surface area contributed by atoms with Crippen LogP contribution < -0.4 is 5.32 Å². The summed E-state index contributed by atoms with van der Waals surface area (Å²) in [6.07, 6.45) is 3.49. The SMILES string of the molecule is CC(C)Cc1ccc2oc(C3CCCNC3)nc2c1. The molecule has 1 fully saturated rings. The highest BCUT2D eigenvalue weighted by Crippen LogP contribution is 2.27. The van der Waals surface area contributed by atoms with Gasteiger partial charge in [-0.2, -0.15) is 0 Å². The predicted octanol–water partition coefficient (Wildman–Crippen LogP) is 3.49. The molecule has 1 atom stereocenters. The number of benzene rings is 1. The highest BCUT2D eigenvalue weighted by atomic mass is 16.3. The fraction of sp³-hybridized carbons (Fsp3) is 0.562. The maximum absolute atomic E-state index is 5.92. The molecule has 1 aromatic carbocycles. The minimum atomic E-state index is 0.440. The van der Waals surface area contributed by atoms with Crippen LogP contribution in [0, 0.1) is 5.92 Å². The normalized spacial score (nSPS) is 20.3. The van der Waals surface area contributed by atoms with Gasteiger partial charge in [0, 0.05) is 12.5 Å². The Morgan fingerprint density at radius 3 is 3.05 bits per heavy atom. The Bertz CT molecular complexity index is 553. The zero-order valence-electron chi connectivity index (χ0n) is 11.8. The van der Waals surface area contributed by atoms with E-state index in [0.29, 0.717) is 11.8 Å². The molecule has 0 bridgehead atoms. The molecular formula is C16H22N2O. The molecule has 1 unspecified atom stereocenters. The zero-order valence-corrected chi connectivity index (χ0v) is 11.8. The molecule has 0 saturated carbocycles. The molecule has 0 spiro atoms. The van der Waals surface area contributed by atoms with Crippen LogP contribution in [0.25, 0.3) is 11.1 Å². The van der Waals surface area contributed by atoms with Crippen LogP contribution in [0.15, 0.2) is 22.6 Å². The lowest BCUT2D eigenvalue weighted by Crippen LogP contribution is -2.28. The quantitative estimate of drug-likeness (QED) is 0.915. The molecule has 0 aliphatic carbocycles. The predicted molar refractivity (Wildman–Crippen MR) is 77.4 cm³/mol. The molecule has 3 nitrogen and oxygen atoms in total. The van der Waals surface area contributed by atoms with Crippen molar-refractivity contribution in [3.63, 3.8) is 0 Å². The first-order valence-corrected chi connectivity index (χ1v) is 7.32. The standard InChI is InChI=1S/C16H22N2O/c1-11(2)8-12-5-6-15-14(9-12)18-16(19-15)13-4-3-7-17-10-13/h5-6,9,11,13,17H,3-4,7-8,10H2,1-2H3. The molecule has 3 heteroatoms. The number of hydrogen-bond acceptors (Lipinski definition) is 3. The van der Waals surface area contributed by atoms with E-state index in [1.807, 2.05) is 0 Å². The highest BCUT2D eigenvalue weighted by Gasteiger charge is 2.20. The first-order chi connectivity index (χ1) is 9.22. The second-order valence-corrected chi connectivity index (χ2v) is 6.00. The van der Waals surface area contributed by atoms with Gasteiger partial charge in [-0.25, -0.2) is 4.98 Å². The smallest absolute Gasteiger partial charge is 0.199 e. The molecule has 1 aliphatic rings. The third-order valence-corrected chi connectivity index (χ3v) is 3.76. The number of nitrogens with one attached hydrogen (secondary N) is 1. The summed E-state index contributed by atoms with van der Waals surface area (Å²) in [6.45, 7) is 6.60. The van der Waals surface area contributed by atoms with E-state index in [2.05, 4.69) is 37.4 Å². The van der Waals surface area contributed by atoms with E-state index in [-0.39, 0.29) is 0 Å². The van der Waals surface area contributed by atoms with Gasteiger partial charge in [0.2, 0.25) is 0 Å². The third kappa shape index (κ3) is 2.81. The van der Waals surface area contributed by atoms with E-state index in [1.54, 1.807) is 0 Å². The van der Waals surface area contributed by atoms with Gasteiger partial charge in [0.15, 0.2) is 11.5 Å². The minimum Gasteiger partial charge on any atom is -0.440 e. The molecule has 3 rings (SSSR count). The van der Waals surface area contributed by atoms with Crippen molar-refractivity contribution in [2.45, 2.75) is 39.0 Å². The number of hydrogen-bond donors (Lipinski definition) is 1. The highest BCUT2D eigenvalue weighted by molar-refractivity contribution is 5.73. The van der Waals surface area contributed by atoms with Crippen LogP contribution in [-0.4, -0.2) is 18.1 Å². The Balaban J connectivity index is 1.87. The first-order valence-electron chi connectivity index (χ1n) is 7.32. The summed E-state index contributed by atoms with van der Waals surface area (Å²) in [6, 6.07) is 6.41. The van der Waals surface area contributed by atoms with Crippen molar-refractivity contribution >= 4 is 11.1 Å². The van der Waals surface area contributed by atoms with Gasteiger partial charge < -0.3 is 9.73 Å². The monoisotopic (exact) mass is 258 g/mol. The number of rotatable bonds is 3. The van der Waals surface area contributed by atoms with Crippen molar-refractivity contribution < 1.29 is 4.42 Å². The molecule has 19 heavy (non-hydrogen) atoms. The molecule has 1 N–H and O–H groups in total. The second-order valence-electron chi connectivity index (χ2n) is 6.00. The number of aromatic nitrogens is 1. The van der Waals surface area contributed by atoms with Gasteiger partial charge in [0.1, 0.15) is 5.52 Å². The van der Waals surface area contributed by atoms with Crippen LogP contribution in [0.3, 0.4) is 0 Å². The molecule has 2 heterocycles. The molecule has 1 saturated heterocycles. The average Bonchev–Trinajstić information content (AvgIpc) is 2.82. The number of nitrogens with zero attached hydrogens (tertiary/aromatic N) is 1. The Kier molecular flexibility index (Phi) is 3.56. The van der Waals surface area contributed by atoms with Gasteiger partial charge >= 0.3 is 0 Å². The summed E-state index contributed by atoms with van der Waals surface area (Å²) >= 11 is 0. The van der Waals surface area contributed by atoms with E-state index >= 15 is 0 Å². The van der Waals surface area contributed by atoms with Crippen molar-refractivity contribution in [1.82, 2.24) is 10.3 Å². The fourth-order valence-corrected chi connectivity index (χ4v) is 2.83.